The largest absolute Gasteiger partial charge is 0.361 e. The summed E-state index contributed by atoms with van der Waals surface area (Å²) in [6, 6.07) is 1.43. The van der Waals surface area contributed by atoms with Gasteiger partial charge in [0.1, 0.15) is 5.76 Å². The van der Waals surface area contributed by atoms with E-state index in [1.54, 1.807) is 6.92 Å². The molecule has 0 atom stereocenters. The van der Waals surface area contributed by atoms with E-state index in [0.717, 1.165) is 0 Å². The van der Waals surface area contributed by atoms with Gasteiger partial charge in [-0.05, 0) is 6.92 Å². The van der Waals surface area contributed by atoms with E-state index >= 15 is 0 Å². The Morgan fingerprint density at radius 2 is 2.56 bits per heavy atom. The summed E-state index contributed by atoms with van der Waals surface area (Å²) in [4.78, 5) is 10.2. The standard InChI is InChI=1S/C5H5N2O2/c1-3-2-4(5(6)8)7-9-3/h2,6H,1H3. The third-order valence-electron chi connectivity index (χ3n) is 0.861. The molecule has 0 aliphatic carbocycles. The maximum Gasteiger partial charge on any atom is 0.291 e. The average Bonchev–Trinajstić information content (AvgIpc) is 2.14. The van der Waals surface area contributed by atoms with Crippen molar-refractivity contribution in [2.75, 3.05) is 0 Å². The number of aromatic nitrogens is 1. The lowest BCUT2D eigenvalue weighted by Gasteiger charge is -1.75. The van der Waals surface area contributed by atoms with Gasteiger partial charge in [-0.2, -0.15) is 0 Å². The van der Waals surface area contributed by atoms with Crippen LogP contribution in [-0.4, -0.2) is 11.1 Å². The molecule has 0 aromatic carbocycles. The molecule has 1 aromatic heterocycles. The lowest BCUT2D eigenvalue weighted by Crippen LogP contribution is -1.97. The van der Waals surface area contributed by atoms with Crippen molar-refractivity contribution in [1.82, 2.24) is 10.9 Å². The summed E-state index contributed by atoms with van der Waals surface area (Å²) in [6.45, 7) is 1.67. The number of amides is 1. The predicted molar refractivity (Wildman–Crippen MR) is 28.7 cm³/mol. The minimum Gasteiger partial charge on any atom is -0.361 e. The Kier molecular flexibility index (Phi) is 1.22. The lowest BCUT2D eigenvalue weighted by molar-refractivity contribution is 0.0983. The van der Waals surface area contributed by atoms with Crippen molar-refractivity contribution >= 4 is 5.91 Å². The van der Waals surface area contributed by atoms with Gasteiger partial charge >= 0.3 is 0 Å². The molecular weight excluding hydrogens is 120 g/mol. The smallest absolute Gasteiger partial charge is 0.291 e. The van der Waals surface area contributed by atoms with Gasteiger partial charge in [-0.1, -0.05) is 5.16 Å². The fourth-order valence-electron chi connectivity index (χ4n) is 0.473. The Labute approximate surface area is 51.6 Å². The van der Waals surface area contributed by atoms with E-state index in [1.165, 1.54) is 6.07 Å². The molecule has 1 N–H and O–H groups in total. The van der Waals surface area contributed by atoms with Crippen LogP contribution in [0.3, 0.4) is 0 Å². The molecule has 0 saturated heterocycles. The van der Waals surface area contributed by atoms with Gasteiger partial charge in [0.25, 0.3) is 5.91 Å². The van der Waals surface area contributed by atoms with Crippen LogP contribution in [0.2, 0.25) is 0 Å². The van der Waals surface area contributed by atoms with Crippen molar-refractivity contribution in [3.05, 3.63) is 17.5 Å². The van der Waals surface area contributed by atoms with Crippen molar-refractivity contribution in [3.8, 4) is 0 Å². The Hall–Kier alpha value is -1.32. The molecule has 0 aliphatic heterocycles. The first kappa shape index (κ1) is 5.81. The first-order chi connectivity index (χ1) is 4.20. The Morgan fingerprint density at radius 1 is 1.89 bits per heavy atom. The summed E-state index contributed by atoms with van der Waals surface area (Å²) in [5, 5.41) is 3.30. The van der Waals surface area contributed by atoms with Crippen molar-refractivity contribution in [1.29, 1.82) is 0 Å². The molecule has 0 fully saturated rings. The fraction of sp³-hybridized carbons (Fsp3) is 0.200. The van der Waals surface area contributed by atoms with Gasteiger partial charge < -0.3 is 4.52 Å². The molecular formula is C5H5N2O2. The molecule has 1 rings (SSSR count). The van der Waals surface area contributed by atoms with Gasteiger partial charge in [0, 0.05) is 6.07 Å². The molecule has 1 radical (unpaired) electrons. The zero-order valence-electron chi connectivity index (χ0n) is 4.84. The maximum atomic E-state index is 10.2. The van der Waals surface area contributed by atoms with E-state index in [4.69, 9.17) is 5.73 Å². The monoisotopic (exact) mass is 125 g/mol. The predicted octanol–water partition coefficient (Wildman–Crippen LogP) is 0.406. The van der Waals surface area contributed by atoms with Crippen LogP contribution in [0.5, 0.6) is 0 Å². The van der Waals surface area contributed by atoms with Crippen molar-refractivity contribution in [2.45, 2.75) is 6.92 Å². The van der Waals surface area contributed by atoms with Crippen molar-refractivity contribution < 1.29 is 9.32 Å². The SMILES string of the molecule is Cc1cc(C([NH])=O)no1. The molecule has 47 valence electrons. The van der Waals surface area contributed by atoms with Gasteiger partial charge in [0.15, 0.2) is 5.69 Å². The van der Waals surface area contributed by atoms with E-state index in [1.807, 2.05) is 0 Å². The Bertz CT molecular complexity index is 229. The van der Waals surface area contributed by atoms with Crippen LogP contribution in [-0.2, 0) is 0 Å². The number of aryl methyl sites for hydroxylation is 1. The van der Waals surface area contributed by atoms with Crippen LogP contribution < -0.4 is 5.73 Å². The molecule has 9 heavy (non-hydrogen) atoms. The summed E-state index contributed by atoms with van der Waals surface area (Å²) in [5.41, 5.74) is 6.63. The molecule has 4 heteroatoms. The second-order valence-corrected chi connectivity index (χ2v) is 1.65. The number of nitrogens with one attached hydrogen (secondary N) is 1. The van der Waals surface area contributed by atoms with E-state index in [-0.39, 0.29) is 5.69 Å². The molecule has 0 unspecified atom stereocenters. The van der Waals surface area contributed by atoms with Crippen LogP contribution in [0.15, 0.2) is 10.6 Å². The van der Waals surface area contributed by atoms with Crippen LogP contribution in [0.1, 0.15) is 16.2 Å². The minimum atomic E-state index is -0.813. The highest BCUT2D eigenvalue weighted by Gasteiger charge is 2.05. The van der Waals surface area contributed by atoms with Crippen molar-refractivity contribution in [3.63, 3.8) is 0 Å². The fourth-order valence-corrected chi connectivity index (χ4v) is 0.473. The van der Waals surface area contributed by atoms with Crippen LogP contribution in [0.4, 0.5) is 0 Å². The topological polar surface area (TPSA) is 66.9 Å². The molecule has 0 saturated carbocycles. The third-order valence-corrected chi connectivity index (χ3v) is 0.861. The summed E-state index contributed by atoms with van der Waals surface area (Å²) >= 11 is 0. The highest BCUT2D eigenvalue weighted by molar-refractivity contribution is 5.89. The first-order valence-corrected chi connectivity index (χ1v) is 2.39. The molecule has 1 heterocycles. The molecule has 1 aromatic rings. The normalized spacial score (nSPS) is 9.44. The Balaban J connectivity index is 2.98. The number of nitrogens with zero attached hydrogens (tertiary/aromatic N) is 1. The van der Waals surface area contributed by atoms with E-state index < -0.39 is 5.91 Å². The first-order valence-electron chi connectivity index (χ1n) is 2.39. The van der Waals surface area contributed by atoms with Gasteiger partial charge in [-0.3, -0.25) is 10.5 Å². The third kappa shape index (κ3) is 1.07. The van der Waals surface area contributed by atoms with Crippen LogP contribution >= 0.6 is 0 Å². The van der Waals surface area contributed by atoms with Gasteiger partial charge in [0.2, 0.25) is 0 Å². The summed E-state index contributed by atoms with van der Waals surface area (Å²) in [7, 11) is 0. The van der Waals surface area contributed by atoms with Crippen LogP contribution in [0.25, 0.3) is 0 Å². The molecule has 0 aliphatic rings. The number of carbonyl (C=O) groups is 1. The summed E-state index contributed by atoms with van der Waals surface area (Å²) in [5.74, 6) is -0.266. The highest BCUT2D eigenvalue weighted by Crippen LogP contribution is 1.99. The van der Waals surface area contributed by atoms with E-state index in [2.05, 4.69) is 9.68 Å². The zero-order valence-corrected chi connectivity index (χ0v) is 4.84. The quantitative estimate of drug-likeness (QED) is 0.545. The highest BCUT2D eigenvalue weighted by atomic mass is 16.5. The summed E-state index contributed by atoms with van der Waals surface area (Å²) in [6.07, 6.45) is 0. The second-order valence-electron chi connectivity index (χ2n) is 1.65. The number of rotatable bonds is 1. The molecule has 4 nitrogen and oxygen atoms in total. The zero-order chi connectivity index (χ0) is 6.85. The maximum absolute atomic E-state index is 10.2. The van der Waals surface area contributed by atoms with E-state index in [0.29, 0.717) is 5.76 Å². The number of hydrogen-bond donors (Lipinski definition) is 0. The second kappa shape index (κ2) is 1.89. The van der Waals surface area contributed by atoms with Crippen molar-refractivity contribution in [2.24, 2.45) is 0 Å². The van der Waals surface area contributed by atoms with Gasteiger partial charge in [-0.25, -0.2) is 0 Å². The van der Waals surface area contributed by atoms with Gasteiger partial charge in [-0.15, -0.1) is 0 Å². The Morgan fingerprint density at radius 3 is 2.78 bits per heavy atom. The number of carbonyl (C=O) groups excluding carboxylic acids is 1. The molecule has 0 spiro atoms. The lowest BCUT2D eigenvalue weighted by atomic mass is 10.4. The van der Waals surface area contributed by atoms with Gasteiger partial charge in [0.05, 0.1) is 0 Å². The minimum absolute atomic E-state index is 0.0625. The average molecular weight is 125 g/mol. The van der Waals surface area contributed by atoms with E-state index in [9.17, 15) is 4.79 Å². The molecule has 0 bridgehead atoms. The summed E-state index contributed by atoms with van der Waals surface area (Å²) < 4.78 is 4.53. The van der Waals surface area contributed by atoms with Crippen LogP contribution in [0, 0.1) is 6.92 Å². The molecule has 1 amide bonds. The number of hydrogen-bond acceptors (Lipinski definition) is 3.